The molecule has 70 valence electrons. The van der Waals surface area contributed by atoms with Gasteiger partial charge >= 0.3 is 0 Å². The molecule has 2 fully saturated rings. The van der Waals surface area contributed by atoms with Crippen LogP contribution in [0.4, 0.5) is 0 Å². The number of nitrogens with one attached hydrogen (secondary N) is 1. The molecule has 0 radical (unpaired) electrons. The van der Waals surface area contributed by atoms with Gasteiger partial charge in [0.25, 0.3) is 0 Å². The van der Waals surface area contributed by atoms with Gasteiger partial charge in [0, 0.05) is 5.54 Å². The quantitative estimate of drug-likeness (QED) is 0.600. The molecule has 0 aromatic carbocycles. The summed E-state index contributed by atoms with van der Waals surface area (Å²) in [6.45, 7) is 7.30. The Hall–Kier alpha value is 0.177. The molecule has 2 aliphatic rings. The van der Waals surface area contributed by atoms with Crippen LogP contribution in [0, 0.1) is 17.3 Å². The lowest BCUT2D eigenvalue weighted by Crippen LogP contribution is -2.38. The lowest BCUT2D eigenvalue weighted by molar-refractivity contribution is 0.312. The molecule has 2 saturated carbocycles. The second kappa shape index (κ2) is 2.35. The van der Waals surface area contributed by atoms with Crippen LogP contribution in [0.1, 0.15) is 40.0 Å². The topological polar surface area (TPSA) is 12.0 Å². The fourth-order valence-electron chi connectivity index (χ4n) is 3.68. The van der Waals surface area contributed by atoms with E-state index in [9.17, 15) is 0 Å². The summed E-state index contributed by atoms with van der Waals surface area (Å²) in [7, 11) is 1.16. The zero-order valence-corrected chi connectivity index (χ0v) is 10.8. The van der Waals surface area contributed by atoms with Gasteiger partial charge in [-0.05, 0) is 30.1 Å². The number of hydrogen-bond donors (Lipinski definition) is 1. The molecule has 12 heavy (non-hydrogen) atoms. The Morgan fingerprint density at radius 1 is 1.33 bits per heavy atom. The van der Waals surface area contributed by atoms with Gasteiger partial charge in [-0.2, -0.15) is 0 Å². The third-order valence-electron chi connectivity index (χ3n) is 4.60. The van der Waals surface area contributed by atoms with Crippen molar-refractivity contribution in [2.45, 2.75) is 45.6 Å². The van der Waals surface area contributed by atoms with E-state index in [4.69, 9.17) is 0 Å². The van der Waals surface area contributed by atoms with Crippen LogP contribution in [0.2, 0.25) is 0 Å². The fraction of sp³-hybridized carbons (Fsp3) is 1.00. The zero-order valence-electron chi connectivity index (χ0n) is 8.78. The van der Waals surface area contributed by atoms with E-state index >= 15 is 0 Å². The predicted octanol–water partition coefficient (Wildman–Crippen LogP) is 1.07. The first-order valence-corrected chi connectivity index (χ1v) is 6.23. The first-order chi connectivity index (χ1) is 5.54. The Morgan fingerprint density at radius 2 is 2.00 bits per heavy atom. The maximum Gasteiger partial charge on any atom is 0.0756 e. The summed E-state index contributed by atoms with van der Waals surface area (Å²) in [6, 6.07) is 0. The average molecular weight is 183 g/mol. The number of fused-ring (bicyclic) bond motifs is 1. The Balaban J connectivity index is 2.19. The third kappa shape index (κ3) is 0.828. The molecule has 0 aliphatic heterocycles. The van der Waals surface area contributed by atoms with Crippen LogP contribution in [0.3, 0.4) is 0 Å². The zero-order chi connectivity index (χ0) is 8.98. The molecule has 0 bridgehead atoms. The summed E-state index contributed by atoms with van der Waals surface area (Å²) in [5.74, 6) is 1.93. The maximum atomic E-state index is 3.71. The maximum absolute atomic E-state index is 3.71. The molecular formula is C10H21NSi. The SMILES string of the molecule is CC1CCC2C(C)(C)C2(N[SiH3])C1. The van der Waals surface area contributed by atoms with Crippen LogP contribution < -0.4 is 4.98 Å². The Labute approximate surface area is 78.8 Å². The van der Waals surface area contributed by atoms with Gasteiger partial charge in [0.05, 0.1) is 10.4 Å². The second-order valence-corrected chi connectivity index (χ2v) is 5.88. The lowest BCUT2D eigenvalue weighted by atomic mass is 9.87. The van der Waals surface area contributed by atoms with E-state index in [0.717, 1.165) is 22.2 Å². The number of hydrogen-bond acceptors (Lipinski definition) is 1. The molecule has 1 N–H and O–H groups in total. The Kier molecular flexibility index (Phi) is 1.72. The van der Waals surface area contributed by atoms with Crippen LogP contribution in [0.25, 0.3) is 0 Å². The molecule has 0 spiro atoms. The molecular weight excluding hydrogens is 162 g/mol. The summed E-state index contributed by atoms with van der Waals surface area (Å²) in [5.41, 5.74) is 1.16. The average Bonchev–Trinajstić information content (AvgIpc) is 2.49. The van der Waals surface area contributed by atoms with Crippen LogP contribution in [-0.4, -0.2) is 15.9 Å². The summed E-state index contributed by atoms with van der Waals surface area (Å²) in [6.07, 6.45) is 4.34. The van der Waals surface area contributed by atoms with Crippen molar-refractivity contribution in [3.05, 3.63) is 0 Å². The molecule has 3 atom stereocenters. The predicted molar refractivity (Wildman–Crippen MR) is 56.1 cm³/mol. The van der Waals surface area contributed by atoms with Gasteiger partial charge in [0.2, 0.25) is 0 Å². The minimum atomic E-state index is 0.566. The Bertz CT molecular complexity index is 202. The smallest absolute Gasteiger partial charge is 0.0756 e. The van der Waals surface area contributed by atoms with Gasteiger partial charge in [0.15, 0.2) is 0 Å². The minimum absolute atomic E-state index is 0.566. The van der Waals surface area contributed by atoms with E-state index < -0.39 is 0 Å². The summed E-state index contributed by atoms with van der Waals surface area (Å²) >= 11 is 0. The van der Waals surface area contributed by atoms with Gasteiger partial charge in [-0.25, -0.2) is 0 Å². The van der Waals surface area contributed by atoms with Gasteiger partial charge in [-0.1, -0.05) is 27.2 Å². The molecule has 0 saturated heterocycles. The molecule has 0 heterocycles. The van der Waals surface area contributed by atoms with Crippen molar-refractivity contribution in [3.8, 4) is 0 Å². The van der Waals surface area contributed by atoms with Crippen LogP contribution >= 0.6 is 0 Å². The molecule has 0 amide bonds. The highest BCUT2D eigenvalue weighted by Crippen LogP contribution is 2.68. The first kappa shape index (κ1) is 8.76. The minimum Gasteiger partial charge on any atom is -0.339 e. The monoisotopic (exact) mass is 183 g/mol. The summed E-state index contributed by atoms with van der Waals surface area (Å²) in [4.78, 5) is 3.71. The van der Waals surface area contributed by atoms with Crippen molar-refractivity contribution in [1.29, 1.82) is 0 Å². The molecule has 3 unspecified atom stereocenters. The van der Waals surface area contributed by atoms with Crippen molar-refractivity contribution in [3.63, 3.8) is 0 Å². The van der Waals surface area contributed by atoms with Gasteiger partial charge in [-0.3, -0.25) is 0 Å². The van der Waals surface area contributed by atoms with Crippen molar-refractivity contribution >= 4 is 10.4 Å². The Morgan fingerprint density at radius 3 is 2.50 bits per heavy atom. The fourth-order valence-corrected chi connectivity index (χ4v) is 4.88. The highest BCUT2D eigenvalue weighted by Gasteiger charge is 2.70. The largest absolute Gasteiger partial charge is 0.339 e. The van der Waals surface area contributed by atoms with Gasteiger partial charge in [0.1, 0.15) is 0 Å². The summed E-state index contributed by atoms with van der Waals surface area (Å²) < 4.78 is 0. The normalized spacial score (nSPS) is 50.2. The lowest BCUT2D eigenvalue weighted by Gasteiger charge is -2.27. The third-order valence-corrected chi connectivity index (χ3v) is 5.49. The molecule has 0 aromatic rings. The molecule has 2 aliphatic carbocycles. The van der Waals surface area contributed by atoms with E-state index in [1.54, 1.807) is 0 Å². The van der Waals surface area contributed by atoms with E-state index in [1.165, 1.54) is 19.3 Å². The number of rotatable bonds is 1. The first-order valence-electron chi connectivity index (χ1n) is 5.23. The van der Waals surface area contributed by atoms with Crippen molar-refractivity contribution in [1.82, 2.24) is 4.98 Å². The van der Waals surface area contributed by atoms with Gasteiger partial charge in [-0.15, -0.1) is 0 Å². The van der Waals surface area contributed by atoms with Crippen molar-refractivity contribution in [2.75, 3.05) is 0 Å². The molecule has 2 heteroatoms. The van der Waals surface area contributed by atoms with Crippen LogP contribution in [0.15, 0.2) is 0 Å². The van der Waals surface area contributed by atoms with E-state index in [2.05, 4.69) is 25.8 Å². The highest BCUT2D eigenvalue weighted by atomic mass is 28.2. The molecule has 1 nitrogen and oxygen atoms in total. The summed E-state index contributed by atoms with van der Waals surface area (Å²) in [5, 5.41) is 0. The van der Waals surface area contributed by atoms with Crippen LogP contribution in [-0.2, 0) is 0 Å². The van der Waals surface area contributed by atoms with Crippen molar-refractivity contribution in [2.24, 2.45) is 17.3 Å². The highest BCUT2D eigenvalue weighted by molar-refractivity contribution is 6.05. The van der Waals surface area contributed by atoms with E-state index in [1.807, 2.05) is 0 Å². The second-order valence-electron chi connectivity index (χ2n) is 5.38. The standard InChI is InChI=1S/C10H21NSi/c1-7-4-5-8-9(2,3)10(8,6-7)11-12/h7-8,11H,4-6H2,1-3,12H3. The molecule has 2 rings (SSSR count). The van der Waals surface area contributed by atoms with E-state index in [0.29, 0.717) is 11.0 Å². The van der Waals surface area contributed by atoms with Crippen molar-refractivity contribution < 1.29 is 0 Å². The molecule has 0 aromatic heterocycles. The van der Waals surface area contributed by atoms with Gasteiger partial charge < -0.3 is 4.98 Å². The van der Waals surface area contributed by atoms with E-state index in [-0.39, 0.29) is 0 Å². The van der Waals surface area contributed by atoms with Crippen LogP contribution in [0.5, 0.6) is 0 Å².